The molecule has 0 aromatic carbocycles. The first-order valence-corrected chi connectivity index (χ1v) is 4.58. The average Bonchev–Trinajstić information content (AvgIpc) is 2.25. The monoisotopic (exact) mass is 186 g/mol. The smallest absolute Gasteiger partial charge is 0.233 e. The first kappa shape index (κ1) is 10.1. The third-order valence-corrected chi connectivity index (χ3v) is 2.44. The minimum atomic E-state index is 0.225. The van der Waals surface area contributed by atoms with Gasteiger partial charge in [-0.1, -0.05) is 5.16 Å². The summed E-state index contributed by atoms with van der Waals surface area (Å²) in [5.74, 6) is 0.225. The van der Waals surface area contributed by atoms with E-state index >= 15 is 0 Å². The lowest BCUT2D eigenvalue weighted by molar-refractivity contribution is 0.262. The van der Waals surface area contributed by atoms with Crippen LogP contribution in [0.2, 0.25) is 0 Å². The highest BCUT2D eigenvalue weighted by Gasteiger charge is 2.20. The summed E-state index contributed by atoms with van der Waals surface area (Å²) in [5.41, 5.74) is 5.56. The summed E-state index contributed by atoms with van der Waals surface area (Å²) in [4.78, 5) is 4.19. The van der Waals surface area contributed by atoms with Crippen LogP contribution in [0, 0.1) is 0 Å². The molecule has 5 heteroatoms. The van der Waals surface area contributed by atoms with Gasteiger partial charge in [0, 0.05) is 19.1 Å². The van der Waals surface area contributed by atoms with Crippen molar-refractivity contribution in [2.75, 3.05) is 26.7 Å². The van der Waals surface area contributed by atoms with Gasteiger partial charge in [0.25, 0.3) is 0 Å². The van der Waals surface area contributed by atoms with Gasteiger partial charge in [0.2, 0.25) is 5.96 Å². The van der Waals surface area contributed by atoms with E-state index in [4.69, 9.17) is 10.9 Å². The molecule has 13 heavy (non-hydrogen) atoms. The summed E-state index contributed by atoms with van der Waals surface area (Å²) in [5, 5.41) is 11.6. The second kappa shape index (κ2) is 4.32. The number of nitrogens with zero attached hydrogens (tertiary/aromatic N) is 3. The third kappa shape index (κ3) is 2.48. The molecule has 0 saturated carbocycles. The first-order valence-electron chi connectivity index (χ1n) is 4.58. The summed E-state index contributed by atoms with van der Waals surface area (Å²) in [6, 6.07) is 0.309. The fourth-order valence-electron chi connectivity index (χ4n) is 1.77. The van der Waals surface area contributed by atoms with Gasteiger partial charge in [-0.3, -0.25) is 0 Å². The normalized spacial score (nSPS) is 27.4. The van der Waals surface area contributed by atoms with Gasteiger partial charge < -0.3 is 20.7 Å². The number of nitrogens with two attached hydrogens (primary N) is 1. The first-order chi connectivity index (χ1) is 6.15. The van der Waals surface area contributed by atoms with Crippen molar-refractivity contribution in [3.05, 3.63) is 0 Å². The molecule has 76 valence electrons. The van der Waals surface area contributed by atoms with Crippen molar-refractivity contribution in [3.8, 4) is 0 Å². The SMILES string of the molecule is CC1CN(C)CCCN1C(N)=NO. The van der Waals surface area contributed by atoms with E-state index in [0.717, 1.165) is 26.1 Å². The molecule has 3 N–H and O–H groups in total. The quantitative estimate of drug-likeness (QED) is 0.236. The molecule has 0 aromatic heterocycles. The number of guanidine groups is 1. The standard InChI is InChI=1S/C8H18N4O/c1-7-6-11(2)4-3-5-12(7)8(9)10-13/h7,13H,3-6H2,1-2H3,(H2,9,10). The Balaban J connectivity index is 2.63. The van der Waals surface area contributed by atoms with Crippen LogP contribution in [0.5, 0.6) is 0 Å². The van der Waals surface area contributed by atoms with E-state index in [-0.39, 0.29) is 5.96 Å². The molecular formula is C8H18N4O. The van der Waals surface area contributed by atoms with Crippen LogP contribution in [0.25, 0.3) is 0 Å². The number of rotatable bonds is 0. The number of hydrogen-bond donors (Lipinski definition) is 2. The molecule has 1 atom stereocenters. The van der Waals surface area contributed by atoms with E-state index in [1.165, 1.54) is 0 Å². The molecule has 1 aliphatic rings. The highest BCUT2D eigenvalue weighted by atomic mass is 16.4. The van der Waals surface area contributed by atoms with Crippen LogP contribution in [0.4, 0.5) is 0 Å². The Labute approximate surface area is 78.8 Å². The molecule has 1 aliphatic heterocycles. The van der Waals surface area contributed by atoms with Crippen LogP contribution in [-0.4, -0.2) is 53.7 Å². The van der Waals surface area contributed by atoms with E-state index in [1.807, 2.05) is 4.90 Å². The van der Waals surface area contributed by atoms with Crippen LogP contribution in [0.3, 0.4) is 0 Å². The van der Waals surface area contributed by atoms with Crippen molar-refractivity contribution in [3.63, 3.8) is 0 Å². The van der Waals surface area contributed by atoms with Gasteiger partial charge in [-0.2, -0.15) is 0 Å². The highest BCUT2D eigenvalue weighted by Crippen LogP contribution is 2.07. The summed E-state index contributed by atoms with van der Waals surface area (Å²) in [7, 11) is 2.09. The summed E-state index contributed by atoms with van der Waals surface area (Å²) < 4.78 is 0. The van der Waals surface area contributed by atoms with Gasteiger partial charge in [0.1, 0.15) is 0 Å². The van der Waals surface area contributed by atoms with E-state index in [1.54, 1.807) is 0 Å². The van der Waals surface area contributed by atoms with Gasteiger partial charge in [-0.15, -0.1) is 0 Å². The molecule has 1 fully saturated rings. The Bertz CT molecular complexity index is 195. The molecule has 0 bridgehead atoms. The molecule has 1 heterocycles. The fraction of sp³-hybridized carbons (Fsp3) is 0.875. The van der Waals surface area contributed by atoms with E-state index in [0.29, 0.717) is 6.04 Å². The van der Waals surface area contributed by atoms with Crippen molar-refractivity contribution >= 4 is 5.96 Å². The molecule has 0 aromatic rings. The second-order valence-electron chi connectivity index (χ2n) is 3.62. The van der Waals surface area contributed by atoms with E-state index in [9.17, 15) is 0 Å². The Kier molecular flexibility index (Phi) is 3.36. The second-order valence-corrected chi connectivity index (χ2v) is 3.62. The molecule has 0 radical (unpaired) electrons. The molecule has 5 nitrogen and oxygen atoms in total. The number of likely N-dealkylation sites (N-methyl/N-ethyl adjacent to an activating group) is 1. The molecule has 1 saturated heterocycles. The van der Waals surface area contributed by atoms with Gasteiger partial charge in [0.05, 0.1) is 0 Å². The maximum Gasteiger partial charge on any atom is 0.233 e. The van der Waals surface area contributed by atoms with E-state index < -0.39 is 0 Å². The maximum atomic E-state index is 8.57. The zero-order valence-corrected chi connectivity index (χ0v) is 8.27. The topological polar surface area (TPSA) is 65.1 Å². The van der Waals surface area contributed by atoms with Gasteiger partial charge in [0.15, 0.2) is 0 Å². The van der Waals surface area contributed by atoms with Crippen LogP contribution in [0.15, 0.2) is 5.16 Å². The zero-order chi connectivity index (χ0) is 9.84. The summed E-state index contributed by atoms with van der Waals surface area (Å²) >= 11 is 0. The van der Waals surface area contributed by atoms with Crippen LogP contribution in [0.1, 0.15) is 13.3 Å². The summed E-state index contributed by atoms with van der Waals surface area (Å²) in [6.07, 6.45) is 1.05. The van der Waals surface area contributed by atoms with Gasteiger partial charge in [-0.05, 0) is 26.9 Å². The fourth-order valence-corrected chi connectivity index (χ4v) is 1.77. The van der Waals surface area contributed by atoms with Crippen molar-refractivity contribution in [2.45, 2.75) is 19.4 Å². The van der Waals surface area contributed by atoms with E-state index in [2.05, 4.69) is 24.0 Å². The Morgan fingerprint density at radius 1 is 1.54 bits per heavy atom. The van der Waals surface area contributed by atoms with Crippen LogP contribution >= 0.6 is 0 Å². The Hall–Kier alpha value is -0.970. The number of oxime groups is 1. The molecule has 0 amide bonds. The van der Waals surface area contributed by atoms with Crippen molar-refractivity contribution in [2.24, 2.45) is 10.9 Å². The van der Waals surface area contributed by atoms with Crippen molar-refractivity contribution < 1.29 is 5.21 Å². The van der Waals surface area contributed by atoms with Crippen molar-refractivity contribution in [1.82, 2.24) is 9.80 Å². The average molecular weight is 186 g/mol. The highest BCUT2D eigenvalue weighted by molar-refractivity contribution is 5.77. The molecule has 0 spiro atoms. The van der Waals surface area contributed by atoms with Crippen LogP contribution in [-0.2, 0) is 0 Å². The predicted molar refractivity (Wildman–Crippen MR) is 51.7 cm³/mol. The van der Waals surface area contributed by atoms with Gasteiger partial charge >= 0.3 is 0 Å². The minimum absolute atomic E-state index is 0.225. The summed E-state index contributed by atoms with van der Waals surface area (Å²) in [6.45, 7) is 4.97. The molecule has 1 unspecified atom stereocenters. The number of hydrogen-bond acceptors (Lipinski definition) is 3. The Morgan fingerprint density at radius 2 is 2.23 bits per heavy atom. The lowest BCUT2D eigenvalue weighted by Crippen LogP contribution is -2.45. The lowest BCUT2D eigenvalue weighted by Gasteiger charge is -2.27. The third-order valence-electron chi connectivity index (χ3n) is 2.44. The Morgan fingerprint density at radius 3 is 2.85 bits per heavy atom. The van der Waals surface area contributed by atoms with Crippen LogP contribution < -0.4 is 5.73 Å². The maximum absolute atomic E-state index is 8.57. The minimum Gasteiger partial charge on any atom is -0.408 e. The zero-order valence-electron chi connectivity index (χ0n) is 8.27. The molecular weight excluding hydrogens is 168 g/mol. The molecule has 1 rings (SSSR count). The molecule has 0 aliphatic carbocycles. The lowest BCUT2D eigenvalue weighted by atomic mass is 10.3. The largest absolute Gasteiger partial charge is 0.408 e. The van der Waals surface area contributed by atoms with Gasteiger partial charge in [-0.25, -0.2) is 0 Å². The van der Waals surface area contributed by atoms with Crippen molar-refractivity contribution in [1.29, 1.82) is 0 Å². The predicted octanol–water partition coefficient (Wildman–Crippen LogP) is -0.284.